The van der Waals surface area contributed by atoms with Crippen molar-refractivity contribution in [2.45, 2.75) is 12.7 Å². The number of nitrogens with zero attached hydrogens (tertiary/aromatic N) is 3. The maximum Gasteiger partial charge on any atom is 0.136 e. The fourth-order valence-corrected chi connectivity index (χ4v) is 10.5. The summed E-state index contributed by atoms with van der Waals surface area (Å²) in [5.74, 6) is 0.815. The molecule has 3 aromatic heterocycles. The average Bonchev–Trinajstić information content (AvgIpc) is 3.96. The summed E-state index contributed by atoms with van der Waals surface area (Å²) in [6.45, 7) is 0.753. The summed E-state index contributed by atoms with van der Waals surface area (Å²) in [6.07, 6.45) is -0.0816. The standard InChI is InChI=1S/C45H30N4S2/c1-3-11-29(12-4-1)44-46-45(30-13-5-2-6-14-30)48(47-44)27-28-19-24-40-37(25-28)36-23-22-35-34-21-20-31(26-41(34)51-42(35)43(36)50-40)49-38-17-9-7-15-32(38)33-16-8-10-18-39(33)49/h1-26,45,48H,27H2. The number of fused-ring (bicyclic) bond motifs is 10. The van der Waals surface area contributed by atoms with Gasteiger partial charge in [0.15, 0.2) is 0 Å². The molecule has 0 radical (unpaired) electrons. The van der Waals surface area contributed by atoms with E-state index >= 15 is 0 Å². The lowest BCUT2D eigenvalue weighted by atomic mass is 10.1. The number of hydrogen-bond donors (Lipinski definition) is 1. The summed E-state index contributed by atoms with van der Waals surface area (Å²) in [7, 11) is 0. The van der Waals surface area contributed by atoms with Gasteiger partial charge in [0.25, 0.3) is 0 Å². The highest BCUT2D eigenvalue weighted by Gasteiger charge is 2.25. The van der Waals surface area contributed by atoms with Crippen molar-refractivity contribution in [3.63, 3.8) is 0 Å². The lowest BCUT2D eigenvalue weighted by molar-refractivity contribution is -0.898. The zero-order valence-electron chi connectivity index (χ0n) is 27.5. The average molecular weight is 691 g/mol. The summed E-state index contributed by atoms with van der Waals surface area (Å²) < 4.78 is 7.79. The minimum atomic E-state index is -0.0816. The van der Waals surface area contributed by atoms with E-state index in [9.17, 15) is 0 Å². The van der Waals surface area contributed by atoms with Crippen molar-refractivity contribution >= 4 is 90.7 Å². The van der Waals surface area contributed by atoms with E-state index in [0.717, 1.165) is 23.0 Å². The molecule has 7 aromatic carbocycles. The molecule has 0 aliphatic carbocycles. The van der Waals surface area contributed by atoms with Gasteiger partial charge in [-0.3, -0.25) is 10.4 Å². The van der Waals surface area contributed by atoms with E-state index < -0.39 is 0 Å². The van der Waals surface area contributed by atoms with Crippen molar-refractivity contribution in [2.24, 2.45) is 4.99 Å². The zero-order valence-corrected chi connectivity index (χ0v) is 29.1. The number of quaternary nitrogens is 1. The second-order valence-electron chi connectivity index (χ2n) is 13.3. The fourth-order valence-electron chi connectivity index (χ4n) is 7.95. The lowest BCUT2D eigenvalue weighted by Gasteiger charge is -2.26. The summed E-state index contributed by atoms with van der Waals surface area (Å²) in [5.41, 5.74) is 12.3. The number of thiophene rings is 2. The van der Waals surface area contributed by atoms with Gasteiger partial charge in [-0.2, -0.15) is 0 Å². The first-order valence-electron chi connectivity index (χ1n) is 17.3. The molecule has 2 unspecified atom stereocenters. The van der Waals surface area contributed by atoms with Crippen LogP contribution in [-0.2, 0) is 6.54 Å². The number of nitrogens with one attached hydrogen (secondary N) is 1. The van der Waals surface area contributed by atoms with Crippen molar-refractivity contribution < 1.29 is 5.01 Å². The Morgan fingerprint density at radius 3 is 1.92 bits per heavy atom. The van der Waals surface area contributed by atoms with E-state index in [1.54, 1.807) is 0 Å². The van der Waals surface area contributed by atoms with Gasteiger partial charge in [-0.05, 0) is 42.0 Å². The molecule has 4 heterocycles. The number of para-hydroxylation sites is 2. The highest BCUT2D eigenvalue weighted by atomic mass is 32.1. The molecule has 242 valence electrons. The Kier molecular flexibility index (Phi) is 6.46. The zero-order chi connectivity index (χ0) is 33.5. The third kappa shape index (κ3) is 4.58. The first kappa shape index (κ1) is 29.0. The molecule has 0 fully saturated rings. The van der Waals surface area contributed by atoms with Crippen molar-refractivity contribution in [1.29, 1.82) is 0 Å². The number of benzene rings is 7. The second-order valence-corrected chi connectivity index (χ2v) is 15.4. The number of rotatable bonds is 5. The van der Waals surface area contributed by atoms with Crippen LogP contribution in [0, 0.1) is 0 Å². The quantitative estimate of drug-likeness (QED) is 0.187. The first-order valence-corrected chi connectivity index (χ1v) is 18.9. The smallest absolute Gasteiger partial charge is 0.136 e. The van der Waals surface area contributed by atoms with Gasteiger partial charge in [-0.25, -0.2) is 0 Å². The van der Waals surface area contributed by atoms with Gasteiger partial charge >= 0.3 is 0 Å². The SMILES string of the molecule is c1ccc(C2=NC(c3ccccc3)[NH+](Cc3ccc4sc5c(ccc6c7ccc(-n8c9ccccc9c9ccccc98)cc7sc65)c4c3)[N-]2)cc1. The highest BCUT2D eigenvalue weighted by Crippen LogP contribution is 2.45. The van der Waals surface area contributed by atoms with E-state index in [4.69, 9.17) is 10.4 Å². The molecule has 2 atom stereocenters. The van der Waals surface area contributed by atoms with Gasteiger partial charge in [0.2, 0.25) is 0 Å². The van der Waals surface area contributed by atoms with Crippen LogP contribution in [0.5, 0.6) is 0 Å². The summed E-state index contributed by atoms with van der Waals surface area (Å²) in [4.78, 5) is 5.13. The van der Waals surface area contributed by atoms with Crippen molar-refractivity contribution in [3.05, 3.63) is 180 Å². The van der Waals surface area contributed by atoms with Gasteiger partial charge in [0.1, 0.15) is 12.7 Å². The van der Waals surface area contributed by atoms with Gasteiger partial charge in [0, 0.05) is 64.4 Å². The Hall–Kier alpha value is -5.79. The van der Waals surface area contributed by atoms with Crippen LogP contribution in [0.1, 0.15) is 22.9 Å². The van der Waals surface area contributed by atoms with Crippen LogP contribution in [-0.4, -0.2) is 10.4 Å². The molecular formula is C45H30N4S2. The largest absolute Gasteiger partial charge is 0.403 e. The molecule has 4 nitrogen and oxygen atoms in total. The van der Waals surface area contributed by atoms with Crippen molar-refractivity contribution in [1.82, 2.24) is 4.57 Å². The number of aromatic nitrogens is 1. The molecule has 6 heteroatoms. The Morgan fingerprint density at radius 1 is 0.549 bits per heavy atom. The van der Waals surface area contributed by atoms with E-state index in [-0.39, 0.29) is 6.17 Å². The van der Waals surface area contributed by atoms with E-state index in [2.05, 4.69) is 156 Å². The minimum absolute atomic E-state index is 0.0816. The Morgan fingerprint density at radius 2 is 1.18 bits per heavy atom. The Balaban J connectivity index is 0.986. The normalized spacial score (nSPS) is 16.2. The summed E-state index contributed by atoms with van der Waals surface area (Å²) in [6, 6.07) is 57.0. The fraction of sp³-hybridized carbons (Fsp3) is 0.0444. The number of amidine groups is 1. The predicted octanol–water partition coefficient (Wildman–Crippen LogP) is 11.4. The molecule has 1 aliphatic rings. The van der Waals surface area contributed by atoms with Crippen LogP contribution in [0.15, 0.2) is 163 Å². The van der Waals surface area contributed by atoms with Crippen molar-refractivity contribution in [2.75, 3.05) is 0 Å². The molecule has 0 bridgehead atoms. The number of aliphatic imine (C=N–C) groups is 1. The summed E-state index contributed by atoms with van der Waals surface area (Å²) >= 11 is 3.83. The van der Waals surface area contributed by atoms with E-state index in [1.807, 2.05) is 28.7 Å². The third-order valence-electron chi connectivity index (χ3n) is 10.3. The first-order chi connectivity index (χ1) is 25.3. The predicted molar refractivity (Wildman–Crippen MR) is 217 cm³/mol. The van der Waals surface area contributed by atoms with Crippen LogP contribution < -0.4 is 5.01 Å². The monoisotopic (exact) mass is 690 g/mol. The molecule has 11 rings (SSSR count). The Labute approximate surface area is 302 Å². The van der Waals surface area contributed by atoms with Crippen LogP contribution >= 0.6 is 22.7 Å². The summed E-state index contributed by atoms with van der Waals surface area (Å²) in [5, 5.41) is 8.96. The van der Waals surface area contributed by atoms with Gasteiger partial charge in [0.05, 0.1) is 20.4 Å². The van der Waals surface area contributed by atoms with Gasteiger partial charge in [-0.15, -0.1) is 22.7 Å². The molecular weight excluding hydrogens is 661 g/mol. The molecule has 10 aromatic rings. The van der Waals surface area contributed by atoms with Crippen LogP contribution in [0.3, 0.4) is 0 Å². The molecule has 0 saturated carbocycles. The van der Waals surface area contributed by atoms with E-state index in [0.29, 0.717) is 0 Å². The van der Waals surface area contributed by atoms with Crippen molar-refractivity contribution in [3.8, 4) is 5.69 Å². The van der Waals surface area contributed by atoms with Gasteiger partial charge < -0.3 is 9.56 Å². The molecule has 51 heavy (non-hydrogen) atoms. The molecule has 0 amide bonds. The molecule has 1 N–H and O–H groups in total. The maximum atomic E-state index is 5.13. The lowest BCUT2D eigenvalue weighted by Crippen LogP contribution is -3.05. The molecule has 0 saturated heterocycles. The van der Waals surface area contributed by atoms with Gasteiger partial charge in [-0.1, -0.05) is 121 Å². The second kappa shape index (κ2) is 11.4. The highest BCUT2D eigenvalue weighted by molar-refractivity contribution is 7.33. The van der Waals surface area contributed by atoms with E-state index in [1.165, 1.54) is 79.0 Å². The minimum Gasteiger partial charge on any atom is -0.403 e. The topological polar surface area (TPSA) is 35.8 Å². The third-order valence-corrected chi connectivity index (χ3v) is 12.8. The molecule has 0 spiro atoms. The van der Waals surface area contributed by atoms with Crippen LogP contribution in [0.4, 0.5) is 0 Å². The molecule has 1 aliphatic heterocycles. The Bertz CT molecular complexity index is 2940. The maximum absolute atomic E-state index is 5.13. The van der Waals surface area contributed by atoms with Crippen LogP contribution in [0.25, 0.3) is 73.3 Å². The number of hydrogen-bond acceptors (Lipinski definition) is 3. The van der Waals surface area contributed by atoms with Crippen LogP contribution in [0.2, 0.25) is 0 Å².